The van der Waals surface area contributed by atoms with Gasteiger partial charge in [-0.3, -0.25) is 0 Å². The van der Waals surface area contributed by atoms with Crippen molar-refractivity contribution < 1.29 is 4.74 Å². The normalized spacial score (nSPS) is 23.7. The average molecular weight is 248 g/mol. The summed E-state index contributed by atoms with van der Waals surface area (Å²) < 4.78 is 5.06. The third-order valence-corrected chi connectivity index (χ3v) is 3.86. The Bertz CT molecular complexity index is 342. The zero-order valence-electron chi connectivity index (χ0n) is 11.5. The Hall–Kier alpha value is -1.25. The van der Waals surface area contributed by atoms with Crippen molar-refractivity contribution in [3.8, 4) is 5.88 Å². The van der Waals surface area contributed by atoms with Gasteiger partial charge in [-0.1, -0.05) is 19.8 Å². The second-order valence-corrected chi connectivity index (χ2v) is 5.24. The molecule has 2 rings (SSSR count). The van der Waals surface area contributed by atoms with Crippen molar-refractivity contribution in [2.24, 2.45) is 5.92 Å². The van der Waals surface area contributed by atoms with Gasteiger partial charge in [0.15, 0.2) is 0 Å². The minimum absolute atomic E-state index is 0.619. The van der Waals surface area contributed by atoms with Crippen LogP contribution in [0.25, 0.3) is 0 Å². The Kier molecular flexibility index (Phi) is 4.85. The maximum atomic E-state index is 5.06. The smallest absolute Gasteiger partial charge is 0.213 e. The molecule has 0 amide bonds. The predicted molar refractivity (Wildman–Crippen MR) is 75.1 cm³/mol. The van der Waals surface area contributed by atoms with Gasteiger partial charge >= 0.3 is 0 Å². The number of anilines is 1. The fraction of sp³-hybridized carbons (Fsp3) is 0.667. The third-order valence-electron chi connectivity index (χ3n) is 3.86. The van der Waals surface area contributed by atoms with E-state index < -0.39 is 0 Å². The van der Waals surface area contributed by atoms with Crippen LogP contribution in [-0.2, 0) is 0 Å². The standard InChI is InChI=1S/C15H24N2O/c1-3-4-12-5-7-13(8-6-12)17-14-9-10-15(18-2)16-11-14/h9-13,17H,3-8H2,1-2H3. The van der Waals surface area contributed by atoms with Crippen molar-refractivity contribution in [3.63, 3.8) is 0 Å². The second-order valence-electron chi connectivity index (χ2n) is 5.24. The Morgan fingerprint density at radius 3 is 2.61 bits per heavy atom. The summed E-state index contributed by atoms with van der Waals surface area (Å²) in [6, 6.07) is 4.57. The molecule has 1 heterocycles. The Labute approximate surface area is 110 Å². The molecule has 0 spiro atoms. The van der Waals surface area contributed by atoms with E-state index in [0.717, 1.165) is 11.6 Å². The molecule has 0 aromatic carbocycles. The number of aromatic nitrogens is 1. The summed E-state index contributed by atoms with van der Waals surface area (Å²) in [6.45, 7) is 2.29. The van der Waals surface area contributed by atoms with Gasteiger partial charge in [0.1, 0.15) is 0 Å². The number of nitrogens with zero attached hydrogens (tertiary/aromatic N) is 1. The lowest BCUT2D eigenvalue weighted by molar-refractivity contribution is 0.319. The van der Waals surface area contributed by atoms with E-state index in [2.05, 4.69) is 17.2 Å². The van der Waals surface area contributed by atoms with Gasteiger partial charge in [0, 0.05) is 12.1 Å². The first-order chi connectivity index (χ1) is 8.81. The molecule has 1 aliphatic carbocycles. The molecule has 0 radical (unpaired) electrons. The van der Waals surface area contributed by atoms with Crippen LogP contribution in [0.15, 0.2) is 18.3 Å². The highest BCUT2D eigenvalue weighted by atomic mass is 16.5. The van der Waals surface area contributed by atoms with Crippen LogP contribution in [-0.4, -0.2) is 18.1 Å². The van der Waals surface area contributed by atoms with E-state index in [0.29, 0.717) is 11.9 Å². The third kappa shape index (κ3) is 3.62. The van der Waals surface area contributed by atoms with Gasteiger partial charge < -0.3 is 10.1 Å². The van der Waals surface area contributed by atoms with E-state index >= 15 is 0 Å². The fourth-order valence-corrected chi connectivity index (χ4v) is 2.83. The summed E-state index contributed by atoms with van der Waals surface area (Å²) in [7, 11) is 1.64. The van der Waals surface area contributed by atoms with Crippen molar-refractivity contribution >= 4 is 5.69 Å². The number of methoxy groups -OCH3 is 1. The molecule has 1 saturated carbocycles. The van der Waals surface area contributed by atoms with Crippen LogP contribution in [0.5, 0.6) is 5.88 Å². The molecule has 0 saturated heterocycles. The van der Waals surface area contributed by atoms with Crippen LogP contribution >= 0.6 is 0 Å². The summed E-state index contributed by atoms with van der Waals surface area (Å²) in [4.78, 5) is 4.22. The predicted octanol–water partition coefficient (Wildman–Crippen LogP) is 3.86. The summed E-state index contributed by atoms with van der Waals surface area (Å²) in [5, 5.41) is 3.58. The van der Waals surface area contributed by atoms with E-state index in [1.54, 1.807) is 7.11 Å². The van der Waals surface area contributed by atoms with Crippen molar-refractivity contribution in [1.82, 2.24) is 4.98 Å². The molecule has 1 aliphatic rings. The number of hydrogen-bond donors (Lipinski definition) is 1. The Morgan fingerprint density at radius 1 is 1.28 bits per heavy atom. The topological polar surface area (TPSA) is 34.1 Å². The molecule has 1 N–H and O–H groups in total. The maximum Gasteiger partial charge on any atom is 0.213 e. The molecule has 0 atom stereocenters. The van der Waals surface area contributed by atoms with E-state index in [1.807, 2.05) is 18.3 Å². The van der Waals surface area contributed by atoms with Crippen LogP contribution in [0.3, 0.4) is 0 Å². The zero-order chi connectivity index (χ0) is 12.8. The van der Waals surface area contributed by atoms with Crippen LogP contribution in [0, 0.1) is 5.92 Å². The number of nitrogens with one attached hydrogen (secondary N) is 1. The molecule has 0 aliphatic heterocycles. The van der Waals surface area contributed by atoms with Gasteiger partial charge in [0.05, 0.1) is 19.0 Å². The molecule has 3 nitrogen and oxygen atoms in total. The van der Waals surface area contributed by atoms with Crippen LogP contribution in [0.4, 0.5) is 5.69 Å². The van der Waals surface area contributed by atoms with Crippen LogP contribution < -0.4 is 10.1 Å². The van der Waals surface area contributed by atoms with Gasteiger partial charge in [0.25, 0.3) is 0 Å². The zero-order valence-corrected chi connectivity index (χ0v) is 11.5. The SMILES string of the molecule is CCCC1CCC(Nc2ccc(OC)nc2)CC1. The molecular formula is C15H24N2O. The van der Waals surface area contributed by atoms with E-state index in [1.165, 1.54) is 38.5 Å². The van der Waals surface area contributed by atoms with Crippen molar-refractivity contribution in [3.05, 3.63) is 18.3 Å². The lowest BCUT2D eigenvalue weighted by Crippen LogP contribution is -2.26. The van der Waals surface area contributed by atoms with E-state index in [4.69, 9.17) is 4.74 Å². The van der Waals surface area contributed by atoms with Crippen LogP contribution in [0.1, 0.15) is 45.4 Å². The minimum atomic E-state index is 0.619. The fourth-order valence-electron chi connectivity index (χ4n) is 2.83. The molecule has 1 fully saturated rings. The maximum absolute atomic E-state index is 5.06. The van der Waals surface area contributed by atoms with Gasteiger partial charge in [-0.2, -0.15) is 0 Å². The molecule has 0 unspecified atom stereocenters. The van der Waals surface area contributed by atoms with Gasteiger partial charge in [-0.15, -0.1) is 0 Å². The monoisotopic (exact) mass is 248 g/mol. The molecule has 18 heavy (non-hydrogen) atoms. The molecule has 1 aromatic heterocycles. The molecule has 1 aromatic rings. The number of hydrogen-bond acceptors (Lipinski definition) is 3. The average Bonchev–Trinajstić information content (AvgIpc) is 2.42. The van der Waals surface area contributed by atoms with Gasteiger partial charge in [-0.25, -0.2) is 4.98 Å². The highest BCUT2D eigenvalue weighted by Gasteiger charge is 2.20. The summed E-state index contributed by atoms with van der Waals surface area (Å²) in [6.07, 6.45) is 9.90. The lowest BCUT2D eigenvalue weighted by atomic mass is 9.83. The first kappa shape index (κ1) is 13.2. The van der Waals surface area contributed by atoms with E-state index in [-0.39, 0.29) is 0 Å². The summed E-state index contributed by atoms with van der Waals surface area (Å²) in [5.41, 5.74) is 1.11. The van der Waals surface area contributed by atoms with Gasteiger partial charge in [0.2, 0.25) is 5.88 Å². The minimum Gasteiger partial charge on any atom is -0.481 e. The molecule has 100 valence electrons. The van der Waals surface area contributed by atoms with Crippen LogP contribution in [0.2, 0.25) is 0 Å². The molecule has 3 heteroatoms. The lowest BCUT2D eigenvalue weighted by Gasteiger charge is -2.29. The first-order valence-corrected chi connectivity index (χ1v) is 7.08. The first-order valence-electron chi connectivity index (χ1n) is 7.08. The summed E-state index contributed by atoms with van der Waals surface area (Å²) >= 11 is 0. The second kappa shape index (κ2) is 6.62. The largest absolute Gasteiger partial charge is 0.481 e. The number of ether oxygens (including phenoxy) is 1. The van der Waals surface area contributed by atoms with E-state index in [9.17, 15) is 0 Å². The molecular weight excluding hydrogens is 224 g/mol. The number of pyridine rings is 1. The Balaban J connectivity index is 1.80. The quantitative estimate of drug-likeness (QED) is 0.859. The van der Waals surface area contributed by atoms with Crippen molar-refractivity contribution in [2.45, 2.75) is 51.5 Å². The number of rotatable bonds is 5. The highest BCUT2D eigenvalue weighted by Crippen LogP contribution is 2.29. The van der Waals surface area contributed by atoms with Crippen molar-refractivity contribution in [1.29, 1.82) is 0 Å². The summed E-state index contributed by atoms with van der Waals surface area (Å²) in [5.74, 6) is 1.63. The van der Waals surface area contributed by atoms with Gasteiger partial charge in [-0.05, 0) is 37.7 Å². The van der Waals surface area contributed by atoms with Crippen molar-refractivity contribution in [2.75, 3.05) is 12.4 Å². The Morgan fingerprint density at radius 2 is 2.06 bits per heavy atom. The highest BCUT2D eigenvalue weighted by molar-refractivity contribution is 5.43. The molecule has 0 bridgehead atoms.